The predicted octanol–water partition coefficient (Wildman–Crippen LogP) is 5.22. The number of anilines is 1. The summed E-state index contributed by atoms with van der Waals surface area (Å²) in [5, 5.41) is 13.7. The van der Waals surface area contributed by atoms with Crippen LogP contribution in [-0.4, -0.2) is 34.3 Å². The number of aromatic nitrogens is 3. The lowest BCUT2D eigenvalue weighted by Crippen LogP contribution is -2.32. The number of nitrogens with zero attached hydrogens (tertiary/aromatic N) is 4. The summed E-state index contributed by atoms with van der Waals surface area (Å²) in [7, 11) is -4.43. The van der Waals surface area contributed by atoms with E-state index in [0.717, 1.165) is 34.0 Å². The topological polar surface area (TPSA) is 105 Å². The van der Waals surface area contributed by atoms with E-state index in [0.29, 0.717) is 29.9 Å². The van der Waals surface area contributed by atoms with Crippen LogP contribution in [0, 0.1) is 0 Å². The first kappa shape index (κ1) is 25.5. The van der Waals surface area contributed by atoms with E-state index >= 15 is 0 Å². The second-order valence-electron chi connectivity index (χ2n) is 7.75. The summed E-state index contributed by atoms with van der Waals surface area (Å²) in [6, 6.07) is 10.1. The second kappa shape index (κ2) is 9.43. The summed E-state index contributed by atoms with van der Waals surface area (Å²) < 4.78 is 69.1. The van der Waals surface area contributed by atoms with Crippen molar-refractivity contribution in [2.24, 2.45) is 0 Å². The lowest BCUT2D eigenvalue weighted by molar-refractivity contribution is -0.137. The van der Waals surface area contributed by atoms with Gasteiger partial charge < -0.3 is 5.11 Å². The molecule has 4 rings (SSSR count). The molecule has 36 heavy (non-hydrogen) atoms. The third kappa shape index (κ3) is 5.00. The number of aryl methyl sites for hydroxylation is 1. The van der Waals surface area contributed by atoms with Crippen molar-refractivity contribution >= 4 is 44.3 Å². The number of fused-ring (bicyclic) bond motifs is 1. The average molecular weight is 539 g/mol. The zero-order chi connectivity index (χ0) is 26.3. The molecule has 0 saturated heterocycles. The van der Waals surface area contributed by atoms with E-state index in [9.17, 15) is 26.4 Å². The van der Waals surface area contributed by atoms with Gasteiger partial charge in [0.15, 0.2) is 5.82 Å². The van der Waals surface area contributed by atoms with Crippen molar-refractivity contribution in [1.29, 1.82) is 0 Å². The van der Waals surface area contributed by atoms with E-state index in [1.807, 2.05) is 6.92 Å². The van der Waals surface area contributed by atoms with E-state index in [-0.39, 0.29) is 17.0 Å². The maximum absolute atomic E-state index is 13.6. The third-order valence-electron chi connectivity index (χ3n) is 5.34. The van der Waals surface area contributed by atoms with Gasteiger partial charge in [0.05, 0.1) is 33.1 Å². The minimum Gasteiger partial charge on any atom is -0.478 e. The zero-order valence-corrected chi connectivity index (χ0v) is 20.1. The van der Waals surface area contributed by atoms with Gasteiger partial charge in [-0.3, -0.25) is 4.68 Å². The molecule has 2 heterocycles. The Morgan fingerprint density at radius 1 is 1.14 bits per heavy atom. The van der Waals surface area contributed by atoms with Crippen molar-refractivity contribution in [2.75, 3.05) is 4.31 Å². The monoisotopic (exact) mass is 538 g/mol. The maximum atomic E-state index is 13.6. The van der Waals surface area contributed by atoms with Crippen LogP contribution in [-0.2, 0) is 29.3 Å². The highest BCUT2D eigenvalue weighted by molar-refractivity contribution is 7.92. The Hall–Kier alpha value is -3.64. The molecule has 0 aliphatic heterocycles. The first-order valence-corrected chi connectivity index (χ1v) is 12.3. The molecule has 0 atom stereocenters. The molecule has 2 aromatic heterocycles. The van der Waals surface area contributed by atoms with Gasteiger partial charge in [-0.1, -0.05) is 17.7 Å². The number of carbonyl (C=O) groups is 1. The van der Waals surface area contributed by atoms with E-state index in [1.54, 1.807) is 29.1 Å². The van der Waals surface area contributed by atoms with Crippen LogP contribution >= 0.6 is 11.6 Å². The lowest BCUT2D eigenvalue weighted by Gasteiger charge is -2.25. The van der Waals surface area contributed by atoms with Gasteiger partial charge in [-0.2, -0.15) is 18.3 Å². The number of rotatable bonds is 7. The van der Waals surface area contributed by atoms with Crippen LogP contribution < -0.4 is 4.31 Å². The number of pyridine rings is 1. The van der Waals surface area contributed by atoms with E-state index in [2.05, 4.69) is 10.1 Å². The van der Waals surface area contributed by atoms with Crippen LogP contribution in [0.1, 0.15) is 28.4 Å². The number of halogens is 4. The Morgan fingerprint density at radius 2 is 1.83 bits per heavy atom. The molecule has 0 bridgehead atoms. The smallest absolute Gasteiger partial charge is 0.417 e. The van der Waals surface area contributed by atoms with Crippen molar-refractivity contribution in [1.82, 2.24) is 14.8 Å². The molecule has 8 nitrogen and oxygen atoms in total. The molecule has 0 spiro atoms. The van der Waals surface area contributed by atoms with Crippen LogP contribution in [0.15, 0.2) is 65.8 Å². The number of sulfonamides is 1. The molecular weight excluding hydrogens is 521 g/mol. The number of aromatic carboxylic acids is 1. The highest BCUT2D eigenvalue weighted by Crippen LogP contribution is 2.36. The Labute approximate surface area is 208 Å². The molecular formula is C23H18ClF3N4O4S. The van der Waals surface area contributed by atoms with Crippen LogP contribution in [0.25, 0.3) is 10.9 Å². The summed E-state index contributed by atoms with van der Waals surface area (Å²) in [6.45, 7) is 2.23. The van der Waals surface area contributed by atoms with Crippen molar-refractivity contribution in [3.05, 3.63) is 82.6 Å². The minimum atomic E-state index is -4.73. The summed E-state index contributed by atoms with van der Waals surface area (Å²) in [5.74, 6) is -1.65. The Kier molecular flexibility index (Phi) is 6.67. The molecule has 0 radical (unpaired) electrons. The number of carboxylic acids is 1. The largest absolute Gasteiger partial charge is 0.478 e. The van der Waals surface area contributed by atoms with Crippen LogP contribution in [0.3, 0.4) is 0 Å². The molecule has 0 aliphatic carbocycles. The Bertz CT molecular complexity index is 1550. The quantitative estimate of drug-likeness (QED) is 0.346. The fourth-order valence-corrected chi connectivity index (χ4v) is 5.24. The molecule has 13 heteroatoms. The average Bonchev–Trinajstić information content (AvgIpc) is 3.25. The lowest BCUT2D eigenvalue weighted by atomic mass is 10.1. The number of alkyl halides is 3. The van der Waals surface area contributed by atoms with Gasteiger partial charge in [-0.15, -0.1) is 0 Å². The summed E-state index contributed by atoms with van der Waals surface area (Å²) in [6.07, 6.45) is -2.44. The fraction of sp³-hybridized carbons (Fsp3) is 0.174. The van der Waals surface area contributed by atoms with E-state index in [4.69, 9.17) is 16.7 Å². The highest BCUT2D eigenvalue weighted by Gasteiger charge is 2.34. The molecule has 1 N–H and O–H groups in total. The van der Waals surface area contributed by atoms with Crippen LogP contribution in [0.2, 0.25) is 5.02 Å². The number of hydrogen-bond acceptors (Lipinski definition) is 5. The number of carboxylic acid groups (broad SMARTS) is 1. The van der Waals surface area contributed by atoms with Crippen molar-refractivity contribution in [2.45, 2.75) is 31.1 Å². The van der Waals surface area contributed by atoms with Gasteiger partial charge >= 0.3 is 12.1 Å². The maximum Gasteiger partial charge on any atom is 0.417 e. The van der Waals surface area contributed by atoms with Crippen molar-refractivity contribution in [3.8, 4) is 0 Å². The fourth-order valence-electron chi connectivity index (χ4n) is 3.49. The Morgan fingerprint density at radius 3 is 2.42 bits per heavy atom. The van der Waals surface area contributed by atoms with Gasteiger partial charge in [0, 0.05) is 24.3 Å². The van der Waals surface area contributed by atoms with Crippen molar-refractivity contribution < 1.29 is 31.5 Å². The minimum absolute atomic E-state index is 0.135. The summed E-state index contributed by atoms with van der Waals surface area (Å²) in [4.78, 5) is 14.6. The molecule has 0 unspecified atom stereocenters. The Balaban J connectivity index is 1.82. The van der Waals surface area contributed by atoms with Crippen molar-refractivity contribution in [3.63, 3.8) is 0 Å². The zero-order valence-electron chi connectivity index (χ0n) is 18.6. The van der Waals surface area contributed by atoms with Crippen LogP contribution in [0.4, 0.5) is 19.0 Å². The highest BCUT2D eigenvalue weighted by atomic mass is 35.5. The predicted molar refractivity (Wildman–Crippen MR) is 126 cm³/mol. The third-order valence-corrected chi connectivity index (χ3v) is 7.37. The standard InChI is InChI=1S/C23H18ClF3N4O4S/c1-2-30-13-16-9-14(3-8-20(16)29-30)12-31(21-19(24)10-17(11-28-21)23(25,26)27)36(34,35)18-6-4-15(5-7-18)22(32)33/h3-11,13H,2,12H2,1H3,(H,32,33). The molecule has 188 valence electrons. The van der Waals surface area contributed by atoms with Gasteiger partial charge in [-0.25, -0.2) is 22.5 Å². The molecule has 0 amide bonds. The normalized spacial score (nSPS) is 12.1. The van der Waals surface area contributed by atoms with Gasteiger partial charge in [0.1, 0.15) is 0 Å². The van der Waals surface area contributed by atoms with E-state index in [1.165, 1.54) is 0 Å². The van der Waals surface area contributed by atoms with Gasteiger partial charge in [0.25, 0.3) is 10.0 Å². The molecule has 2 aromatic carbocycles. The SMILES string of the molecule is CCn1cc2cc(CN(c3ncc(C(F)(F)F)cc3Cl)S(=O)(=O)c3ccc(C(=O)O)cc3)ccc2n1. The van der Waals surface area contributed by atoms with Gasteiger partial charge in [0.2, 0.25) is 0 Å². The summed E-state index contributed by atoms with van der Waals surface area (Å²) in [5.41, 5.74) is -0.0796. The molecule has 0 saturated carbocycles. The van der Waals surface area contributed by atoms with E-state index < -0.39 is 38.6 Å². The first-order chi connectivity index (χ1) is 16.9. The summed E-state index contributed by atoms with van der Waals surface area (Å²) >= 11 is 6.11. The van der Waals surface area contributed by atoms with Crippen LogP contribution in [0.5, 0.6) is 0 Å². The first-order valence-electron chi connectivity index (χ1n) is 10.4. The molecule has 0 fully saturated rings. The number of hydrogen-bond donors (Lipinski definition) is 1. The molecule has 0 aliphatic rings. The molecule has 4 aromatic rings. The second-order valence-corrected chi connectivity index (χ2v) is 10.0. The van der Waals surface area contributed by atoms with Gasteiger partial charge in [-0.05, 0) is 55.0 Å². The number of benzene rings is 2.